The fourth-order valence-electron chi connectivity index (χ4n) is 1.35. The van der Waals surface area contributed by atoms with E-state index in [2.05, 4.69) is 15.9 Å². The van der Waals surface area contributed by atoms with E-state index in [1.165, 1.54) is 0 Å². The van der Waals surface area contributed by atoms with Crippen molar-refractivity contribution in [3.63, 3.8) is 0 Å². The summed E-state index contributed by atoms with van der Waals surface area (Å²) in [4.78, 5) is 0. The van der Waals surface area contributed by atoms with Gasteiger partial charge in [-0.05, 0) is 25.1 Å². The van der Waals surface area contributed by atoms with Crippen molar-refractivity contribution in [1.82, 2.24) is 0 Å². The zero-order chi connectivity index (χ0) is 12.7. The quantitative estimate of drug-likeness (QED) is 0.755. The zero-order valence-electron chi connectivity index (χ0n) is 9.73. The number of hydrogen-bond acceptors (Lipinski definition) is 4. The van der Waals surface area contributed by atoms with Crippen LogP contribution in [0.5, 0.6) is 5.75 Å². The van der Waals surface area contributed by atoms with Crippen molar-refractivity contribution in [2.45, 2.75) is 13.0 Å². The first-order valence-electron chi connectivity index (χ1n) is 5.44. The summed E-state index contributed by atoms with van der Waals surface area (Å²) in [5, 5.41) is 18.1. The molecule has 4 nitrogen and oxygen atoms in total. The highest BCUT2D eigenvalue weighted by Gasteiger charge is 2.09. The molecule has 0 aromatic heterocycles. The van der Waals surface area contributed by atoms with Crippen LogP contribution in [0.15, 0.2) is 22.7 Å². The van der Waals surface area contributed by atoms with Crippen LogP contribution in [0.25, 0.3) is 0 Å². The maximum Gasteiger partial charge on any atom is 0.125 e. The van der Waals surface area contributed by atoms with Crippen molar-refractivity contribution >= 4 is 15.9 Å². The van der Waals surface area contributed by atoms with Gasteiger partial charge in [0.15, 0.2) is 0 Å². The minimum atomic E-state index is -0.583. The second-order valence-electron chi connectivity index (χ2n) is 3.54. The van der Waals surface area contributed by atoms with E-state index < -0.39 is 6.10 Å². The van der Waals surface area contributed by atoms with Gasteiger partial charge in [-0.1, -0.05) is 15.9 Å². The lowest BCUT2D eigenvalue weighted by atomic mass is 10.1. The van der Waals surface area contributed by atoms with Crippen LogP contribution in [-0.2, 0) is 4.74 Å². The second-order valence-corrected chi connectivity index (χ2v) is 4.46. The Bertz CT molecular complexity index is 341. The first-order chi connectivity index (χ1) is 8.15. The third kappa shape index (κ3) is 5.04. The highest BCUT2D eigenvalue weighted by Crippen LogP contribution is 2.28. The normalized spacial score (nSPS) is 12.5. The van der Waals surface area contributed by atoms with E-state index in [0.717, 1.165) is 10.0 Å². The van der Waals surface area contributed by atoms with E-state index in [0.29, 0.717) is 25.6 Å². The lowest BCUT2D eigenvalue weighted by Crippen LogP contribution is -2.10. The summed E-state index contributed by atoms with van der Waals surface area (Å²) in [5.74, 6) is 0.649. The Morgan fingerprint density at radius 2 is 2.06 bits per heavy atom. The molecule has 96 valence electrons. The molecular weight excluding hydrogens is 288 g/mol. The fraction of sp³-hybridized carbons (Fsp3) is 0.500. The first-order valence-corrected chi connectivity index (χ1v) is 6.23. The molecule has 1 rings (SSSR count). The summed E-state index contributed by atoms with van der Waals surface area (Å²) in [7, 11) is 0. The number of hydrogen-bond donors (Lipinski definition) is 2. The third-order valence-electron chi connectivity index (χ3n) is 2.14. The van der Waals surface area contributed by atoms with Crippen LogP contribution in [0.4, 0.5) is 0 Å². The molecule has 0 spiro atoms. The molecule has 17 heavy (non-hydrogen) atoms. The Balaban J connectivity index is 2.52. The van der Waals surface area contributed by atoms with E-state index in [1.54, 1.807) is 13.0 Å². The largest absolute Gasteiger partial charge is 0.491 e. The van der Waals surface area contributed by atoms with Gasteiger partial charge in [0, 0.05) is 10.0 Å². The standard InChI is InChI=1S/C12H17BrO4/c1-9(15)11-8-10(13)2-3-12(11)17-7-6-16-5-4-14/h2-3,8-9,14-15H,4-7H2,1H3/t9-/m1/s1. The number of ether oxygens (including phenoxy) is 2. The molecule has 0 fully saturated rings. The molecule has 0 aliphatic carbocycles. The minimum Gasteiger partial charge on any atom is -0.491 e. The van der Waals surface area contributed by atoms with Gasteiger partial charge in [0.2, 0.25) is 0 Å². The van der Waals surface area contributed by atoms with Gasteiger partial charge in [-0.15, -0.1) is 0 Å². The van der Waals surface area contributed by atoms with Crippen molar-refractivity contribution in [2.24, 2.45) is 0 Å². The first kappa shape index (κ1) is 14.4. The third-order valence-corrected chi connectivity index (χ3v) is 2.64. The maximum absolute atomic E-state index is 9.60. The SMILES string of the molecule is C[C@@H](O)c1cc(Br)ccc1OCCOCCO. The molecule has 1 atom stereocenters. The highest BCUT2D eigenvalue weighted by molar-refractivity contribution is 9.10. The summed E-state index contributed by atoms with van der Waals surface area (Å²) in [5.41, 5.74) is 0.738. The van der Waals surface area contributed by atoms with Gasteiger partial charge < -0.3 is 19.7 Å². The smallest absolute Gasteiger partial charge is 0.125 e. The molecule has 5 heteroatoms. The zero-order valence-corrected chi connectivity index (χ0v) is 11.3. The van der Waals surface area contributed by atoms with E-state index in [-0.39, 0.29) is 6.61 Å². The number of halogens is 1. The monoisotopic (exact) mass is 304 g/mol. The van der Waals surface area contributed by atoms with Crippen molar-refractivity contribution in [3.05, 3.63) is 28.2 Å². The van der Waals surface area contributed by atoms with E-state index in [9.17, 15) is 5.11 Å². The summed E-state index contributed by atoms with van der Waals surface area (Å²) in [6.07, 6.45) is -0.583. The van der Waals surface area contributed by atoms with Crippen LogP contribution in [0.1, 0.15) is 18.6 Å². The van der Waals surface area contributed by atoms with Gasteiger partial charge in [0.25, 0.3) is 0 Å². The van der Waals surface area contributed by atoms with Crippen molar-refractivity contribution < 1.29 is 19.7 Å². The molecule has 1 aromatic carbocycles. The second kappa shape index (κ2) is 7.66. The highest BCUT2D eigenvalue weighted by atomic mass is 79.9. The molecule has 0 amide bonds. The molecule has 0 saturated carbocycles. The lowest BCUT2D eigenvalue weighted by Gasteiger charge is -2.13. The van der Waals surface area contributed by atoms with Crippen LogP contribution >= 0.6 is 15.9 Å². The predicted molar refractivity (Wildman–Crippen MR) is 68.2 cm³/mol. The Labute approximate surface area is 109 Å². The predicted octanol–water partition coefficient (Wildman–Crippen LogP) is 1.89. The molecule has 2 N–H and O–H groups in total. The molecule has 1 aromatic rings. The fourth-order valence-corrected chi connectivity index (χ4v) is 1.73. The minimum absolute atomic E-state index is 0.0111. The molecule has 0 unspecified atom stereocenters. The Kier molecular flexibility index (Phi) is 6.50. The van der Waals surface area contributed by atoms with Gasteiger partial charge in [-0.3, -0.25) is 0 Å². The summed E-state index contributed by atoms with van der Waals surface area (Å²) >= 11 is 3.35. The average molecular weight is 305 g/mol. The summed E-state index contributed by atoms with van der Waals surface area (Å²) in [6, 6.07) is 5.49. The number of rotatable bonds is 7. The number of aliphatic hydroxyl groups excluding tert-OH is 2. The summed E-state index contributed by atoms with van der Waals surface area (Å²) in [6.45, 7) is 2.82. The van der Waals surface area contributed by atoms with Crippen molar-refractivity contribution in [1.29, 1.82) is 0 Å². The molecule has 0 bridgehead atoms. The Hall–Kier alpha value is -0.620. The van der Waals surface area contributed by atoms with Gasteiger partial charge in [-0.2, -0.15) is 0 Å². The Morgan fingerprint density at radius 1 is 1.29 bits per heavy atom. The molecule has 0 heterocycles. The van der Waals surface area contributed by atoms with E-state index in [4.69, 9.17) is 14.6 Å². The lowest BCUT2D eigenvalue weighted by molar-refractivity contribution is 0.0695. The maximum atomic E-state index is 9.60. The number of aliphatic hydroxyl groups is 2. The molecular formula is C12H17BrO4. The number of benzene rings is 1. The van der Waals surface area contributed by atoms with E-state index in [1.807, 2.05) is 12.1 Å². The van der Waals surface area contributed by atoms with Crippen LogP contribution in [0.3, 0.4) is 0 Å². The summed E-state index contributed by atoms with van der Waals surface area (Å²) < 4.78 is 11.5. The molecule has 0 aliphatic rings. The van der Waals surface area contributed by atoms with Crippen molar-refractivity contribution in [2.75, 3.05) is 26.4 Å². The molecule has 0 aliphatic heterocycles. The Morgan fingerprint density at radius 3 is 2.71 bits per heavy atom. The van der Waals surface area contributed by atoms with Crippen LogP contribution < -0.4 is 4.74 Å². The van der Waals surface area contributed by atoms with Gasteiger partial charge in [-0.25, -0.2) is 0 Å². The van der Waals surface area contributed by atoms with Gasteiger partial charge in [0.1, 0.15) is 12.4 Å². The topological polar surface area (TPSA) is 58.9 Å². The average Bonchev–Trinajstić information content (AvgIpc) is 2.30. The molecule has 0 radical (unpaired) electrons. The van der Waals surface area contributed by atoms with Crippen LogP contribution in [-0.4, -0.2) is 36.6 Å². The van der Waals surface area contributed by atoms with Gasteiger partial charge in [0.05, 0.1) is 25.9 Å². The van der Waals surface area contributed by atoms with Gasteiger partial charge >= 0.3 is 0 Å². The molecule has 0 saturated heterocycles. The van der Waals surface area contributed by atoms with Crippen LogP contribution in [0.2, 0.25) is 0 Å². The van der Waals surface area contributed by atoms with E-state index >= 15 is 0 Å². The van der Waals surface area contributed by atoms with Crippen LogP contribution in [0, 0.1) is 0 Å². The van der Waals surface area contributed by atoms with Crippen molar-refractivity contribution in [3.8, 4) is 5.75 Å².